The van der Waals surface area contributed by atoms with E-state index in [1.165, 1.54) is 11.1 Å². The number of anilines is 1. The van der Waals surface area contributed by atoms with Crippen molar-refractivity contribution in [2.45, 2.75) is 19.9 Å². The van der Waals surface area contributed by atoms with E-state index in [9.17, 15) is 0 Å². The van der Waals surface area contributed by atoms with Crippen molar-refractivity contribution >= 4 is 22.7 Å². The van der Waals surface area contributed by atoms with Gasteiger partial charge in [-0.2, -0.15) is 0 Å². The van der Waals surface area contributed by atoms with Crippen LogP contribution in [0.25, 0.3) is 16.7 Å². The quantitative estimate of drug-likeness (QED) is 0.466. The van der Waals surface area contributed by atoms with E-state index in [-0.39, 0.29) is 6.04 Å². The van der Waals surface area contributed by atoms with Gasteiger partial charge in [0.05, 0.1) is 31.3 Å². The summed E-state index contributed by atoms with van der Waals surface area (Å²) in [6.07, 6.45) is 2.24. The van der Waals surface area contributed by atoms with Crippen LogP contribution in [0.5, 0.6) is 11.5 Å². The van der Waals surface area contributed by atoms with Crippen molar-refractivity contribution in [2.24, 2.45) is 0 Å². The van der Waals surface area contributed by atoms with Crippen molar-refractivity contribution in [2.75, 3.05) is 19.5 Å². The third-order valence-electron chi connectivity index (χ3n) is 6.01. The molecule has 0 saturated carbocycles. The van der Waals surface area contributed by atoms with Crippen LogP contribution in [-0.2, 0) is 0 Å². The lowest BCUT2D eigenvalue weighted by Gasteiger charge is -2.28. The number of rotatable bonds is 4. The van der Waals surface area contributed by atoms with Gasteiger partial charge in [0, 0.05) is 11.3 Å². The highest BCUT2D eigenvalue weighted by Crippen LogP contribution is 2.42. The largest absolute Gasteiger partial charge is 0.493 e. The number of benzene rings is 3. The van der Waals surface area contributed by atoms with E-state index in [2.05, 4.69) is 60.1 Å². The number of imidazole rings is 1. The number of hydrogen-bond donors (Lipinski definition) is 1. The van der Waals surface area contributed by atoms with Crippen LogP contribution in [0.15, 0.2) is 66.7 Å². The van der Waals surface area contributed by atoms with Gasteiger partial charge in [-0.3, -0.25) is 4.57 Å². The molecule has 0 fully saturated rings. The second-order valence-electron chi connectivity index (χ2n) is 7.83. The molecule has 5 heteroatoms. The molecular weight excluding hydrogens is 386 g/mol. The van der Waals surface area contributed by atoms with Gasteiger partial charge in [0.25, 0.3) is 0 Å². The zero-order valence-corrected chi connectivity index (χ0v) is 18.1. The van der Waals surface area contributed by atoms with Crippen LogP contribution < -0.4 is 14.8 Å². The topological polar surface area (TPSA) is 48.3 Å². The Balaban J connectivity index is 1.76. The number of aryl methyl sites for hydroxylation is 2. The third-order valence-corrected chi connectivity index (χ3v) is 6.01. The lowest BCUT2D eigenvalue weighted by Crippen LogP contribution is -2.20. The molecule has 0 saturated heterocycles. The number of fused-ring (bicyclic) bond motifs is 3. The highest BCUT2D eigenvalue weighted by atomic mass is 16.5. The number of para-hydroxylation sites is 3. The van der Waals surface area contributed by atoms with Gasteiger partial charge in [0.2, 0.25) is 5.95 Å². The molecule has 1 aromatic heterocycles. The molecule has 5 nitrogen and oxygen atoms in total. The molecule has 1 atom stereocenters. The predicted octanol–water partition coefficient (Wildman–Crippen LogP) is 5.73. The first-order valence-corrected chi connectivity index (χ1v) is 10.3. The number of hydrogen-bond acceptors (Lipinski definition) is 4. The fraction of sp³-hybridized carbons (Fsp3) is 0.192. The maximum Gasteiger partial charge on any atom is 0.209 e. The van der Waals surface area contributed by atoms with Gasteiger partial charge in [0.1, 0.15) is 0 Å². The maximum atomic E-state index is 5.79. The average Bonchev–Trinajstić information content (AvgIpc) is 3.18. The molecule has 4 aromatic rings. The van der Waals surface area contributed by atoms with Crippen molar-refractivity contribution in [3.8, 4) is 11.5 Å². The smallest absolute Gasteiger partial charge is 0.209 e. The first-order valence-electron chi connectivity index (χ1n) is 10.3. The number of ether oxygens (including phenoxy) is 2. The molecule has 31 heavy (non-hydrogen) atoms. The Morgan fingerprint density at radius 2 is 1.74 bits per heavy atom. The Hall–Kier alpha value is -3.73. The fourth-order valence-electron chi connectivity index (χ4n) is 4.26. The van der Waals surface area contributed by atoms with Gasteiger partial charge in [-0.1, -0.05) is 36.4 Å². The Morgan fingerprint density at radius 3 is 2.52 bits per heavy atom. The Morgan fingerprint density at radius 1 is 0.903 bits per heavy atom. The van der Waals surface area contributed by atoms with Gasteiger partial charge in [-0.05, 0) is 60.9 Å². The maximum absolute atomic E-state index is 5.79. The minimum Gasteiger partial charge on any atom is -0.493 e. The summed E-state index contributed by atoms with van der Waals surface area (Å²) >= 11 is 0. The number of allylic oxidation sites excluding steroid dienone is 1. The van der Waals surface area contributed by atoms with Crippen LogP contribution in [0.2, 0.25) is 0 Å². The summed E-state index contributed by atoms with van der Waals surface area (Å²) in [5.41, 5.74) is 7.73. The molecule has 0 spiro atoms. The van der Waals surface area contributed by atoms with E-state index in [1.54, 1.807) is 14.2 Å². The summed E-state index contributed by atoms with van der Waals surface area (Å²) < 4.78 is 13.6. The van der Waals surface area contributed by atoms with Crippen molar-refractivity contribution < 1.29 is 9.47 Å². The van der Waals surface area contributed by atoms with Crippen LogP contribution in [0, 0.1) is 13.8 Å². The summed E-state index contributed by atoms with van der Waals surface area (Å²) in [6, 6.07) is 20.6. The molecule has 2 heterocycles. The Labute approximate surface area is 182 Å². The Kier molecular flexibility index (Phi) is 4.66. The summed E-state index contributed by atoms with van der Waals surface area (Å²) in [4.78, 5) is 4.88. The lowest BCUT2D eigenvalue weighted by molar-refractivity contribution is 0.350. The standard InChI is InChI=1S/C26H25N3O2/c1-16-12-13-18(14-17(16)2)21-15-23(19-8-7-11-24(30-3)25(19)31-4)29-22-10-6-5-9-20(22)27-26(29)28-21/h5-15,23H,1-4H3,(H,27,28)/t23-/m1/s1. The van der Waals surface area contributed by atoms with Gasteiger partial charge in [0.15, 0.2) is 11.5 Å². The molecule has 1 aliphatic heterocycles. The summed E-state index contributed by atoms with van der Waals surface area (Å²) in [6.45, 7) is 4.27. The van der Waals surface area contributed by atoms with Crippen LogP contribution in [0.3, 0.4) is 0 Å². The number of nitrogens with one attached hydrogen (secondary N) is 1. The molecule has 3 aromatic carbocycles. The lowest BCUT2D eigenvalue weighted by atomic mass is 9.98. The van der Waals surface area contributed by atoms with E-state index in [1.807, 2.05) is 30.3 Å². The van der Waals surface area contributed by atoms with Gasteiger partial charge in [-0.25, -0.2) is 4.98 Å². The first-order chi connectivity index (χ1) is 15.1. The minimum atomic E-state index is -0.106. The molecule has 156 valence electrons. The van der Waals surface area contributed by atoms with Crippen molar-refractivity contribution in [3.63, 3.8) is 0 Å². The molecule has 1 aliphatic rings. The van der Waals surface area contributed by atoms with Crippen molar-refractivity contribution in [3.05, 3.63) is 89.0 Å². The molecule has 0 bridgehead atoms. The van der Waals surface area contributed by atoms with Crippen LogP contribution in [0.1, 0.15) is 28.3 Å². The first kappa shape index (κ1) is 19.2. The SMILES string of the molecule is COc1cccc([C@H]2C=C(c3ccc(C)c(C)c3)Nc3nc4ccccc4n32)c1OC. The van der Waals surface area contributed by atoms with Gasteiger partial charge in [-0.15, -0.1) is 0 Å². The zero-order chi connectivity index (χ0) is 21.5. The second-order valence-corrected chi connectivity index (χ2v) is 7.83. The van der Waals surface area contributed by atoms with Crippen molar-refractivity contribution in [1.82, 2.24) is 9.55 Å². The van der Waals surface area contributed by atoms with E-state index >= 15 is 0 Å². The summed E-state index contributed by atoms with van der Waals surface area (Å²) in [5.74, 6) is 2.26. The predicted molar refractivity (Wildman–Crippen MR) is 125 cm³/mol. The minimum absolute atomic E-state index is 0.106. The molecule has 5 rings (SSSR count). The highest BCUT2D eigenvalue weighted by molar-refractivity contribution is 5.86. The molecule has 0 radical (unpaired) electrons. The molecular formula is C26H25N3O2. The average molecular weight is 412 g/mol. The fourth-order valence-corrected chi connectivity index (χ4v) is 4.26. The van der Waals surface area contributed by atoms with Crippen LogP contribution >= 0.6 is 0 Å². The second kappa shape index (κ2) is 7.51. The Bertz CT molecular complexity index is 1320. The van der Waals surface area contributed by atoms with Gasteiger partial charge >= 0.3 is 0 Å². The van der Waals surface area contributed by atoms with E-state index in [0.29, 0.717) is 5.75 Å². The number of nitrogens with zero attached hydrogens (tertiary/aromatic N) is 2. The van der Waals surface area contributed by atoms with E-state index < -0.39 is 0 Å². The normalized spacial score (nSPS) is 15.2. The van der Waals surface area contributed by atoms with Crippen LogP contribution in [-0.4, -0.2) is 23.8 Å². The van der Waals surface area contributed by atoms with E-state index in [4.69, 9.17) is 14.5 Å². The van der Waals surface area contributed by atoms with Gasteiger partial charge < -0.3 is 14.8 Å². The summed E-state index contributed by atoms with van der Waals surface area (Å²) in [7, 11) is 3.35. The van der Waals surface area contributed by atoms with Crippen LogP contribution in [0.4, 0.5) is 5.95 Å². The molecule has 1 N–H and O–H groups in total. The number of methoxy groups -OCH3 is 2. The number of aromatic nitrogens is 2. The molecule has 0 aliphatic carbocycles. The third kappa shape index (κ3) is 3.13. The highest BCUT2D eigenvalue weighted by Gasteiger charge is 2.28. The zero-order valence-electron chi connectivity index (χ0n) is 18.1. The van der Waals surface area contributed by atoms with E-state index in [0.717, 1.165) is 39.6 Å². The molecule has 0 unspecified atom stereocenters. The summed E-state index contributed by atoms with van der Waals surface area (Å²) in [5, 5.41) is 3.56. The monoisotopic (exact) mass is 411 g/mol. The van der Waals surface area contributed by atoms with Crippen molar-refractivity contribution in [1.29, 1.82) is 0 Å². The molecule has 0 amide bonds.